The van der Waals surface area contributed by atoms with Crippen LogP contribution in [0.4, 0.5) is 4.79 Å². The lowest BCUT2D eigenvalue weighted by atomic mass is 9.99. The molecule has 0 saturated carbocycles. The average molecular weight is 306 g/mol. The molecule has 0 aromatic carbocycles. The van der Waals surface area contributed by atoms with Crippen molar-refractivity contribution < 1.29 is 14.3 Å². The molecule has 2 rings (SSSR count). The minimum Gasteiger partial charge on any atom is -0.491 e. The molecule has 122 valence electrons. The summed E-state index contributed by atoms with van der Waals surface area (Å²) >= 11 is 0. The van der Waals surface area contributed by atoms with E-state index in [2.05, 4.69) is 4.98 Å². The monoisotopic (exact) mass is 306 g/mol. The van der Waals surface area contributed by atoms with E-state index in [0.717, 1.165) is 30.8 Å². The molecule has 1 aromatic rings. The molecule has 5 heteroatoms. The normalized spacial score (nSPS) is 18.9. The minimum atomic E-state index is -0.451. The van der Waals surface area contributed by atoms with Crippen molar-refractivity contribution in [1.82, 2.24) is 9.88 Å². The third-order valence-electron chi connectivity index (χ3n) is 3.60. The molecule has 1 amide bonds. The number of ether oxygens (including phenoxy) is 2. The maximum Gasteiger partial charge on any atom is 0.410 e. The van der Waals surface area contributed by atoms with Crippen LogP contribution in [0.2, 0.25) is 0 Å². The highest BCUT2D eigenvalue weighted by molar-refractivity contribution is 5.68. The zero-order valence-electron chi connectivity index (χ0n) is 14.0. The first-order valence-corrected chi connectivity index (χ1v) is 7.87. The van der Waals surface area contributed by atoms with Crippen molar-refractivity contribution in [3.05, 3.63) is 24.0 Å². The van der Waals surface area contributed by atoms with Crippen molar-refractivity contribution in [3.63, 3.8) is 0 Å². The Hall–Kier alpha value is -1.78. The van der Waals surface area contributed by atoms with E-state index >= 15 is 0 Å². The number of amides is 1. The summed E-state index contributed by atoms with van der Waals surface area (Å²) < 4.78 is 11.3. The summed E-state index contributed by atoms with van der Waals surface area (Å²) in [7, 11) is 0. The summed E-state index contributed by atoms with van der Waals surface area (Å²) in [5, 5.41) is 0. The summed E-state index contributed by atoms with van der Waals surface area (Å²) in [6.07, 6.45) is 3.58. The fourth-order valence-electron chi connectivity index (χ4n) is 2.52. The fraction of sp³-hybridized carbons (Fsp3) is 0.647. The second-order valence-electron chi connectivity index (χ2n) is 6.83. The zero-order chi connectivity index (χ0) is 16.2. The highest BCUT2D eigenvalue weighted by Crippen LogP contribution is 2.21. The average Bonchev–Trinajstić information content (AvgIpc) is 2.45. The number of carbonyl (C=O) groups excluding carboxylic acids is 1. The Labute approximate surface area is 132 Å². The third-order valence-corrected chi connectivity index (χ3v) is 3.60. The number of nitrogens with zero attached hydrogens (tertiary/aromatic N) is 2. The zero-order valence-corrected chi connectivity index (χ0v) is 14.0. The van der Waals surface area contributed by atoms with E-state index in [-0.39, 0.29) is 6.09 Å². The molecule has 1 aromatic heterocycles. The molecule has 0 radical (unpaired) electrons. The van der Waals surface area contributed by atoms with Crippen molar-refractivity contribution in [2.45, 2.75) is 46.1 Å². The predicted octanol–water partition coefficient (Wildman–Crippen LogP) is 3.42. The van der Waals surface area contributed by atoms with Gasteiger partial charge in [-0.1, -0.05) is 0 Å². The van der Waals surface area contributed by atoms with Gasteiger partial charge in [0.15, 0.2) is 0 Å². The summed E-state index contributed by atoms with van der Waals surface area (Å²) in [4.78, 5) is 18.1. The van der Waals surface area contributed by atoms with Gasteiger partial charge in [0.05, 0.1) is 12.3 Å². The number of carbonyl (C=O) groups is 1. The fourth-order valence-corrected chi connectivity index (χ4v) is 2.52. The smallest absolute Gasteiger partial charge is 0.410 e. The number of hydrogen-bond donors (Lipinski definition) is 0. The SMILES string of the molecule is Cc1ncccc1OC[C@@H]1CCCN(C(=O)OC(C)(C)C)C1. The molecule has 1 saturated heterocycles. The highest BCUT2D eigenvalue weighted by atomic mass is 16.6. The van der Waals surface area contributed by atoms with Gasteiger partial charge in [0.25, 0.3) is 0 Å². The van der Waals surface area contributed by atoms with E-state index in [4.69, 9.17) is 9.47 Å². The molecule has 0 aliphatic carbocycles. The Bertz CT molecular complexity index is 511. The van der Waals surface area contributed by atoms with Crippen molar-refractivity contribution in [3.8, 4) is 5.75 Å². The molecule has 5 nitrogen and oxygen atoms in total. The molecule has 2 heterocycles. The van der Waals surface area contributed by atoms with Gasteiger partial charge in [-0.15, -0.1) is 0 Å². The second-order valence-corrected chi connectivity index (χ2v) is 6.83. The Morgan fingerprint density at radius 2 is 2.23 bits per heavy atom. The maximum absolute atomic E-state index is 12.1. The van der Waals surface area contributed by atoms with Gasteiger partial charge in [-0.05, 0) is 52.7 Å². The Balaban J connectivity index is 1.86. The number of piperidine rings is 1. The molecule has 0 unspecified atom stereocenters. The molecule has 0 spiro atoms. The van der Waals surface area contributed by atoms with E-state index < -0.39 is 5.60 Å². The van der Waals surface area contributed by atoms with Crippen LogP contribution in [0.25, 0.3) is 0 Å². The van der Waals surface area contributed by atoms with Crippen LogP contribution in [0, 0.1) is 12.8 Å². The second kappa shape index (κ2) is 6.99. The molecule has 1 atom stereocenters. The van der Waals surface area contributed by atoms with Gasteiger partial charge in [0.1, 0.15) is 11.4 Å². The van der Waals surface area contributed by atoms with Crippen LogP contribution in [0.1, 0.15) is 39.3 Å². The third kappa shape index (κ3) is 4.90. The van der Waals surface area contributed by atoms with E-state index in [1.165, 1.54) is 0 Å². The van der Waals surface area contributed by atoms with Gasteiger partial charge >= 0.3 is 6.09 Å². The number of likely N-dealkylation sites (tertiary alicyclic amines) is 1. The lowest BCUT2D eigenvalue weighted by Gasteiger charge is -2.34. The summed E-state index contributed by atoms with van der Waals surface area (Å²) in [6, 6.07) is 3.80. The highest BCUT2D eigenvalue weighted by Gasteiger charge is 2.27. The lowest BCUT2D eigenvalue weighted by molar-refractivity contribution is 0.0139. The quantitative estimate of drug-likeness (QED) is 0.858. The first-order chi connectivity index (χ1) is 10.3. The standard InChI is InChI=1S/C17H26N2O3/c1-13-15(8-5-9-18-13)21-12-14-7-6-10-19(11-14)16(20)22-17(2,3)4/h5,8-9,14H,6-7,10-12H2,1-4H3/t14-/m1/s1. The van der Waals surface area contributed by atoms with E-state index in [9.17, 15) is 4.79 Å². The van der Waals surface area contributed by atoms with Gasteiger partial charge in [-0.3, -0.25) is 4.98 Å². The number of rotatable bonds is 3. The Kier molecular flexibility index (Phi) is 5.27. The summed E-state index contributed by atoms with van der Waals surface area (Å²) in [6.45, 7) is 9.66. The van der Waals surface area contributed by atoms with Gasteiger partial charge in [-0.2, -0.15) is 0 Å². The number of aryl methyl sites for hydroxylation is 1. The van der Waals surface area contributed by atoms with Crippen LogP contribution in [0.15, 0.2) is 18.3 Å². The van der Waals surface area contributed by atoms with Crippen molar-refractivity contribution in [2.24, 2.45) is 5.92 Å². The first-order valence-electron chi connectivity index (χ1n) is 7.87. The van der Waals surface area contributed by atoms with Gasteiger partial charge in [0.2, 0.25) is 0 Å². The predicted molar refractivity (Wildman–Crippen MR) is 85.0 cm³/mol. The van der Waals surface area contributed by atoms with Crippen LogP contribution in [0.3, 0.4) is 0 Å². The van der Waals surface area contributed by atoms with Crippen molar-refractivity contribution in [1.29, 1.82) is 0 Å². The maximum atomic E-state index is 12.1. The number of aromatic nitrogens is 1. The Morgan fingerprint density at radius 3 is 2.91 bits per heavy atom. The molecule has 1 aliphatic rings. The van der Waals surface area contributed by atoms with Gasteiger partial charge in [0, 0.05) is 25.2 Å². The van der Waals surface area contributed by atoms with Crippen LogP contribution in [-0.2, 0) is 4.74 Å². The van der Waals surface area contributed by atoms with Crippen molar-refractivity contribution >= 4 is 6.09 Å². The van der Waals surface area contributed by atoms with E-state index in [0.29, 0.717) is 19.1 Å². The molecule has 0 N–H and O–H groups in total. The van der Waals surface area contributed by atoms with Crippen LogP contribution in [0.5, 0.6) is 5.75 Å². The van der Waals surface area contributed by atoms with Crippen LogP contribution < -0.4 is 4.74 Å². The Morgan fingerprint density at radius 1 is 1.45 bits per heavy atom. The van der Waals surface area contributed by atoms with Gasteiger partial charge < -0.3 is 14.4 Å². The number of hydrogen-bond acceptors (Lipinski definition) is 4. The van der Waals surface area contributed by atoms with E-state index in [1.807, 2.05) is 39.8 Å². The topological polar surface area (TPSA) is 51.7 Å². The summed E-state index contributed by atoms with van der Waals surface area (Å²) in [5.41, 5.74) is 0.440. The van der Waals surface area contributed by atoms with E-state index in [1.54, 1.807) is 11.1 Å². The molecular formula is C17H26N2O3. The molecule has 1 aliphatic heterocycles. The molecule has 0 bridgehead atoms. The summed E-state index contributed by atoms with van der Waals surface area (Å²) in [5.74, 6) is 1.15. The minimum absolute atomic E-state index is 0.227. The van der Waals surface area contributed by atoms with Gasteiger partial charge in [-0.25, -0.2) is 4.79 Å². The van der Waals surface area contributed by atoms with Crippen molar-refractivity contribution in [2.75, 3.05) is 19.7 Å². The van der Waals surface area contributed by atoms with Crippen LogP contribution in [-0.4, -0.2) is 41.3 Å². The largest absolute Gasteiger partial charge is 0.491 e. The number of pyridine rings is 1. The lowest BCUT2D eigenvalue weighted by Crippen LogP contribution is -2.44. The molecule has 1 fully saturated rings. The van der Waals surface area contributed by atoms with Crippen LogP contribution >= 0.6 is 0 Å². The first kappa shape index (κ1) is 16.6. The molecule has 22 heavy (non-hydrogen) atoms. The molecular weight excluding hydrogens is 280 g/mol.